The van der Waals surface area contributed by atoms with Gasteiger partial charge in [-0.25, -0.2) is 4.39 Å². The van der Waals surface area contributed by atoms with Crippen LogP contribution in [0.4, 0.5) is 10.1 Å². The molecule has 0 fully saturated rings. The summed E-state index contributed by atoms with van der Waals surface area (Å²) in [6.45, 7) is 3.07. The number of rotatable bonds is 3. The zero-order valence-electron chi connectivity index (χ0n) is 10.1. The van der Waals surface area contributed by atoms with Crippen LogP contribution in [-0.2, 0) is 9.59 Å². The standard InChI is InChI=1S/C13H12FNO3/c1-7-5-9-11(10(14)6-7)15(4-3-8(2)16)13(18)12(9)17/h5-6H,3-4H2,1-2H3. The first-order valence-corrected chi connectivity index (χ1v) is 5.57. The van der Waals surface area contributed by atoms with Crippen molar-refractivity contribution < 1.29 is 18.8 Å². The number of hydrogen-bond acceptors (Lipinski definition) is 3. The molecule has 0 radical (unpaired) electrons. The molecule has 0 saturated heterocycles. The molecule has 0 aromatic heterocycles. The van der Waals surface area contributed by atoms with Crippen molar-refractivity contribution in [3.63, 3.8) is 0 Å². The van der Waals surface area contributed by atoms with Crippen LogP contribution in [0.25, 0.3) is 0 Å². The molecule has 2 rings (SSSR count). The largest absolute Gasteiger partial charge is 0.302 e. The molecule has 18 heavy (non-hydrogen) atoms. The van der Waals surface area contributed by atoms with Crippen molar-refractivity contribution in [3.8, 4) is 0 Å². The molecule has 0 unspecified atom stereocenters. The fraction of sp³-hybridized carbons (Fsp3) is 0.308. The van der Waals surface area contributed by atoms with Gasteiger partial charge in [-0.1, -0.05) is 0 Å². The third-order valence-corrected chi connectivity index (χ3v) is 2.85. The third-order valence-electron chi connectivity index (χ3n) is 2.85. The van der Waals surface area contributed by atoms with E-state index in [0.29, 0.717) is 5.56 Å². The molecule has 1 aliphatic rings. The number of carbonyl (C=O) groups is 3. The van der Waals surface area contributed by atoms with E-state index in [4.69, 9.17) is 0 Å². The Labute approximate surface area is 103 Å². The highest BCUT2D eigenvalue weighted by Crippen LogP contribution is 2.32. The Hall–Kier alpha value is -2.04. The molecule has 1 aromatic rings. The molecule has 0 spiro atoms. The number of ketones is 2. The molecular weight excluding hydrogens is 237 g/mol. The molecule has 94 valence electrons. The Kier molecular flexibility index (Phi) is 2.98. The number of anilines is 1. The number of carbonyl (C=O) groups excluding carboxylic acids is 3. The number of benzene rings is 1. The van der Waals surface area contributed by atoms with E-state index < -0.39 is 17.5 Å². The van der Waals surface area contributed by atoms with Crippen molar-refractivity contribution in [2.45, 2.75) is 20.3 Å². The average molecular weight is 249 g/mol. The van der Waals surface area contributed by atoms with E-state index in [1.807, 2.05) is 0 Å². The lowest BCUT2D eigenvalue weighted by molar-refractivity contribution is -0.117. The summed E-state index contributed by atoms with van der Waals surface area (Å²) < 4.78 is 13.8. The molecule has 1 amide bonds. The van der Waals surface area contributed by atoms with Crippen molar-refractivity contribution in [1.29, 1.82) is 0 Å². The van der Waals surface area contributed by atoms with E-state index in [0.717, 1.165) is 4.90 Å². The summed E-state index contributed by atoms with van der Waals surface area (Å²) in [6, 6.07) is 2.76. The number of nitrogens with zero attached hydrogens (tertiary/aromatic N) is 1. The second kappa shape index (κ2) is 4.33. The SMILES string of the molecule is CC(=O)CCN1C(=O)C(=O)c2cc(C)cc(F)c21. The van der Waals surface area contributed by atoms with Crippen LogP contribution in [0.15, 0.2) is 12.1 Å². The second-order valence-electron chi connectivity index (χ2n) is 4.38. The van der Waals surface area contributed by atoms with Gasteiger partial charge >= 0.3 is 0 Å². The number of fused-ring (bicyclic) bond motifs is 1. The minimum absolute atomic E-state index is 0.00292. The van der Waals surface area contributed by atoms with Gasteiger partial charge in [-0.05, 0) is 31.5 Å². The van der Waals surface area contributed by atoms with Crippen LogP contribution < -0.4 is 4.90 Å². The first kappa shape index (κ1) is 12.4. The van der Waals surface area contributed by atoms with E-state index in [1.54, 1.807) is 6.92 Å². The molecule has 1 heterocycles. The highest BCUT2D eigenvalue weighted by molar-refractivity contribution is 6.52. The van der Waals surface area contributed by atoms with Gasteiger partial charge in [0.1, 0.15) is 11.6 Å². The summed E-state index contributed by atoms with van der Waals surface area (Å²) in [7, 11) is 0. The van der Waals surface area contributed by atoms with Crippen molar-refractivity contribution in [2.24, 2.45) is 0 Å². The van der Waals surface area contributed by atoms with E-state index in [2.05, 4.69) is 0 Å². The van der Waals surface area contributed by atoms with E-state index >= 15 is 0 Å². The number of hydrogen-bond donors (Lipinski definition) is 0. The van der Waals surface area contributed by atoms with Crippen molar-refractivity contribution in [1.82, 2.24) is 0 Å². The quantitative estimate of drug-likeness (QED) is 0.765. The Morgan fingerprint density at radius 3 is 2.61 bits per heavy atom. The molecule has 0 saturated carbocycles. The van der Waals surface area contributed by atoms with E-state index in [-0.39, 0.29) is 30.0 Å². The van der Waals surface area contributed by atoms with Gasteiger partial charge in [0.05, 0.1) is 11.3 Å². The van der Waals surface area contributed by atoms with Crippen molar-refractivity contribution in [2.75, 3.05) is 11.4 Å². The van der Waals surface area contributed by atoms with Crippen LogP contribution in [0.1, 0.15) is 29.3 Å². The van der Waals surface area contributed by atoms with Crippen LogP contribution in [-0.4, -0.2) is 24.0 Å². The molecular formula is C13H12FNO3. The summed E-state index contributed by atoms with van der Waals surface area (Å²) in [5.41, 5.74) is 0.665. The van der Waals surface area contributed by atoms with Gasteiger partial charge in [0, 0.05) is 13.0 Å². The summed E-state index contributed by atoms with van der Waals surface area (Å²) in [5.74, 6) is -2.20. The van der Waals surface area contributed by atoms with Gasteiger partial charge in [0.25, 0.3) is 11.7 Å². The molecule has 0 bridgehead atoms. The first-order valence-electron chi connectivity index (χ1n) is 5.57. The Balaban J connectivity index is 2.45. The molecule has 4 nitrogen and oxygen atoms in total. The predicted molar refractivity (Wildman–Crippen MR) is 63.1 cm³/mol. The average Bonchev–Trinajstić information content (AvgIpc) is 2.51. The van der Waals surface area contributed by atoms with Gasteiger partial charge < -0.3 is 4.90 Å². The predicted octanol–water partition coefficient (Wildman–Crippen LogP) is 1.64. The topological polar surface area (TPSA) is 54.5 Å². The summed E-state index contributed by atoms with van der Waals surface area (Å²) in [6.07, 6.45) is 0.103. The summed E-state index contributed by atoms with van der Waals surface area (Å²) in [5, 5.41) is 0. The number of halogens is 1. The summed E-state index contributed by atoms with van der Waals surface area (Å²) >= 11 is 0. The van der Waals surface area contributed by atoms with E-state index in [9.17, 15) is 18.8 Å². The highest BCUT2D eigenvalue weighted by Gasteiger charge is 2.38. The molecule has 0 atom stereocenters. The van der Waals surface area contributed by atoms with Crippen molar-refractivity contribution in [3.05, 3.63) is 29.1 Å². The second-order valence-corrected chi connectivity index (χ2v) is 4.38. The fourth-order valence-corrected chi connectivity index (χ4v) is 2.00. The zero-order chi connectivity index (χ0) is 13.4. The molecule has 0 N–H and O–H groups in total. The van der Waals surface area contributed by atoms with Crippen LogP contribution in [0.5, 0.6) is 0 Å². The number of amides is 1. The maximum absolute atomic E-state index is 13.8. The first-order chi connectivity index (χ1) is 8.41. The molecule has 5 heteroatoms. The lowest BCUT2D eigenvalue weighted by atomic mass is 10.1. The maximum atomic E-state index is 13.8. The monoisotopic (exact) mass is 249 g/mol. The van der Waals surface area contributed by atoms with Gasteiger partial charge in [-0.3, -0.25) is 14.4 Å². The van der Waals surface area contributed by atoms with Crippen LogP contribution in [0.2, 0.25) is 0 Å². The summed E-state index contributed by atoms with van der Waals surface area (Å²) in [4.78, 5) is 35.4. The van der Waals surface area contributed by atoms with Crippen LogP contribution in [0, 0.1) is 12.7 Å². The van der Waals surface area contributed by atoms with Crippen molar-refractivity contribution >= 4 is 23.2 Å². The van der Waals surface area contributed by atoms with Crippen LogP contribution >= 0.6 is 0 Å². The Morgan fingerprint density at radius 2 is 2.00 bits per heavy atom. The van der Waals surface area contributed by atoms with Gasteiger partial charge in [0.15, 0.2) is 0 Å². The lowest BCUT2D eigenvalue weighted by Crippen LogP contribution is -2.31. The normalized spacial score (nSPS) is 14.1. The molecule has 1 aliphatic heterocycles. The minimum atomic E-state index is -0.768. The molecule has 1 aromatic carbocycles. The molecule has 0 aliphatic carbocycles. The highest BCUT2D eigenvalue weighted by atomic mass is 19.1. The smallest absolute Gasteiger partial charge is 0.299 e. The minimum Gasteiger partial charge on any atom is -0.302 e. The van der Waals surface area contributed by atoms with Crippen LogP contribution in [0.3, 0.4) is 0 Å². The Bertz CT molecular complexity index is 566. The van der Waals surface area contributed by atoms with E-state index in [1.165, 1.54) is 19.1 Å². The number of Topliss-reactive ketones (excluding diaryl/α,β-unsaturated/α-hetero) is 2. The third kappa shape index (κ3) is 1.92. The van der Waals surface area contributed by atoms with Gasteiger partial charge in [-0.15, -0.1) is 0 Å². The lowest BCUT2D eigenvalue weighted by Gasteiger charge is -2.16. The number of aryl methyl sites for hydroxylation is 1. The maximum Gasteiger partial charge on any atom is 0.299 e. The zero-order valence-corrected chi connectivity index (χ0v) is 10.1. The van der Waals surface area contributed by atoms with Gasteiger partial charge in [-0.2, -0.15) is 0 Å². The Morgan fingerprint density at radius 1 is 1.33 bits per heavy atom. The fourth-order valence-electron chi connectivity index (χ4n) is 2.00. The van der Waals surface area contributed by atoms with Gasteiger partial charge in [0.2, 0.25) is 0 Å².